The number of nitrogens with one attached hydrogen (secondary N) is 1. The van der Waals surface area contributed by atoms with Gasteiger partial charge in [0.05, 0.1) is 31.9 Å². The van der Waals surface area contributed by atoms with E-state index in [0.717, 1.165) is 17.7 Å². The lowest BCUT2D eigenvalue weighted by atomic mass is 9.95. The van der Waals surface area contributed by atoms with Crippen LogP contribution in [0.5, 0.6) is 17.2 Å². The number of rotatable bonds is 7. The Morgan fingerprint density at radius 2 is 1.73 bits per heavy atom. The molecule has 0 aromatic heterocycles. The molecule has 1 heterocycles. The highest BCUT2D eigenvalue weighted by molar-refractivity contribution is 5.89. The smallest absolute Gasteiger partial charge is 0.337 e. The van der Waals surface area contributed by atoms with Crippen LogP contribution in [0.15, 0.2) is 42.5 Å². The van der Waals surface area contributed by atoms with Crippen LogP contribution in [0.1, 0.15) is 42.2 Å². The number of hydrogen-bond acceptors (Lipinski definition) is 6. The number of ether oxygens (including phenoxy) is 4. The number of carbonyl (C=O) groups is 2. The first-order valence-electron chi connectivity index (χ1n) is 9.98. The van der Waals surface area contributed by atoms with E-state index < -0.39 is 5.97 Å². The highest BCUT2D eigenvalue weighted by Gasteiger charge is 2.21. The quantitative estimate of drug-likeness (QED) is 0.700. The van der Waals surface area contributed by atoms with Crippen molar-refractivity contribution in [2.24, 2.45) is 5.92 Å². The summed E-state index contributed by atoms with van der Waals surface area (Å²) in [7, 11) is 1.32. The monoisotopic (exact) mass is 413 g/mol. The Kier molecular flexibility index (Phi) is 7.17. The number of methoxy groups -OCH3 is 1. The summed E-state index contributed by atoms with van der Waals surface area (Å²) < 4.78 is 21.7. The second-order valence-electron chi connectivity index (χ2n) is 7.35. The Morgan fingerprint density at radius 1 is 1.03 bits per heavy atom. The third-order valence-corrected chi connectivity index (χ3v) is 4.76. The van der Waals surface area contributed by atoms with Gasteiger partial charge in [-0.2, -0.15) is 0 Å². The highest BCUT2D eigenvalue weighted by Crippen LogP contribution is 2.34. The van der Waals surface area contributed by atoms with Gasteiger partial charge in [0.25, 0.3) is 5.91 Å². The summed E-state index contributed by atoms with van der Waals surface area (Å²) in [4.78, 5) is 24.0. The number of fused-ring (bicyclic) bond motifs is 1. The van der Waals surface area contributed by atoms with Crippen LogP contribution >= 0.6 is 0 Å². The van der Waals surface area contributed by atoms with E-state index in [2.05, 4.69) is 10.1 Å². The van der Waals surface area contributed by atoms with E-state index >= 15 is 0 Å². The molecule has 0 spiro atoms. The Labute approximate surface area is 176 Å². The average molecular weight is 413 g/mol. The lowest BCUT2D eigenvalue weighted by molar-refractivity contribution is -0.124. The summed E-state index contributed by atoms with van der Waals surface area (Å²) >= 11 is 0. The zero-order valence-corrected chi connectivity index (χ0v) is 17.5. The van der Waals surface area contributed by atoms with Crippen molar-refractivity contribution in [3.8, 4) is 17.2 Å². The second kappa shape index (κ2) is 10.0. The van der Waals surface area contributed by atoms with E-state index in [4.69, 9.17) is 14.2 Å². The van der Waals surface area contributed by atoms with Crippen molar-refractivity contribution in [3.05, 3.63) is 53.6 Å². The molecule has 1 amide bonds. The van der Waals surface area contributed by atoms with Gasteiger partial charge in [-0.1, -0.05) is 19.9 Å². The van der Waals surface area contributed by atoms with Gasteiger partial charge in [-0.05, 0) is 47.9 Å². The molecule has 0 radical (unpaired) electrons. The van der Waals surface area contributed by atoms with Gasteiger partial charge in [0.15, 0.2) is 18.1 Å². The molecule has 0 fully saturated rings. The molecule has 1 aliphatic heterocycles. The van der Waals surface area contributed by atoms with E-state index in [9.17, 15) is 9.59 Å². The van der Waals surface area contributed by atoms with Crippen molar-refractivity contribution in [2.45, 2.75) is 26.3 Å². The fourth-order valence-corrected chi connectivity index (χ4v) is 3.18. The average Bonchev–Trinajstić information content (AvgIpc) is 3.00. The molecule has 0 saturated carbocycles. The Morgan fingerprint density at radius 3 is 2.40 bits per heavy atom. The van der Waals surface area contributed by atoms with E-state index in [1.54, 1.807) is 24.3 Å². The molecule has 7 nitrogen and oxygen atoms in total. The predicted molar refractivity (Wildman–Crippen MR) is 111 cm³/mol. The first kappa shape index (κ1) is 21.5. The summed E-state index contributed by atoms with van der Waals surface area (Å²) in [5, 5.41) is 3.03. The predicted octanol–water partition coefficient (Wildman–Crippen LogP) is 3.53. The zero-order valence-electron chi connectivity index (χ0n) is 17.5. The number of esters is 1. The van der Waals surface area contributed by atoms with Crippen LogP contribution in [0.3, 0.4) is 0 Å². The Bertz CT molecular complexity index is 878. The number of amides is 1. The van der Waals surface area contributed by atoms with E-state index in [1.165, 1.54) is 7.11 Å². The Balaban J connectivity index is 1.62. The van der Waals surface area contributed by atoms with Crippen LogP contribution in [0.2, 0.25) is 0 Å². The van der Waals surface area contributed by atoms with Gasteiger partial charge in [0, 0.05) is 6.42 Å². The molecule has 0 aliphatic carbocycles. The maximum absolute atomic E-state index is 12.5. The zero-order chi connectivity index (χ0) is 21.5. The fraction of sp³-hybridized carbons (Fsp3) is 0.391. The lowest BCUT2D eigenvalue weighted by Gasteiger charge is -2.24. The minimum atomic E-state index is -0.422. The van der Waals surface area contributed by atoms with Crippen LogP contribution in [0, 0.1) is 5.92 Å². The van der Waals surface area contributed by atoms with Crippen LogP contribution in [-0.2, 0) is 9.53 Å². The van der Waals surface area contributed by atoms with E-state index in [0.29, 0.717) is 30.3 Å². The maximum Gasteiger partial charge on any atom is 0.337 e. The molecule has 0 saturated heterocycles. The molecule has 0 bridgehead atoms. The van der Waals surface area contributed by atoms with Crippen LogP contribution < -0.4 is 19.5 Å². The normalized spacial score (nSPS) is 13.9. The van der Waals surface area contributed by atoms with Crippen molar-refractivity contribution in [1.29, 1.82) is 0 Å². The van der Waals surface area contributed by atoms with Crippen molar-refractivity contribution >= 4 is 11.9 Å². The summed E-state index contributed by atoms with van der Waals surface area (Å²) in [6, 6.07) is 12.0. The summed E-state index contributed by atoms with van der Waals surface area (Å²) in [6.07, 6.45) is 0.840. The van der Waals surface area contributed by atoms with Crippen molar-refractivity contribution < 1.29 is 28.5 Å². The molecule has 1 N–H and O–H groups in total. The summed E-state index contributed by atoms with van der Waals surface area (Å²) in [6.45, 7) is 5.19. The van der Waals surface area contributed by atoms with Gasteiger partial charge in [-0.15, -0.1) is 0 Å². The second-order valence-corrected chi connectivity index (χ2v) is 7.35. The fourth-order valence-electron chi connectivity index (χ4n) is 3.18. The molecule has 30 heavy (non-hydrogen) atoms. The van der Waals surface area contributed by atoms with Crippen LogP contribution in [0.25, 0.3) is 0 Å². The minimum Gasteiger partial charge on any atom is -0.490 e. The summed E-state index contributed by atoms with van der Waals surface area (Å²) in [5.41, 5.74) is 1.37. The summed E-state index contributed by atoms with van der Waals surface area (Å²) in [5.74, 6) is 1.43. The molecule has 3 rings (SSSR count). The van der Waals surface area contributed by atoms with Gasteiger partial charge in [0.2, 0.25) is 0 Å². The third-order valence-electron chi connectivity index (χ3n) is 4.76. The lowest BCUT2D eigenvalue weighted by Crippen LogP contribution is -2.35. The Hall–Kier alpha value is -3.22. The number of carbonyl (C=O) groups excluding carboxylic acids is 2. The van der Waals surface area contributed by atoms with Gasteiger partial charge < -0.3 is 24.3 Å². The van der Waals surface area contributed by atoms with Crippen molar-refractivity contribution in [2.75, 3.05) is 26.9 Å². The molecule has 160 valence electrons. The van der Waals surface area contributed by atoms with Gasteiger partial charge in [-0.25, -0.2) is 4.79 Å². The first-order valence-corrected chi connectivity index (χ1v) is 9.98. The topological polar surface area (TPSA) is 83.1 Å². The first-order chi connectivity index (χ1) is 14.5. The third kappa shape index (κ3) is 5.43. The standard InChI is InChI=1S/C23H27NO6/c1-15(2)22(17-7-10-19-20(13-17)29-12-4-11-28-19)24-21(25)14-30-18-8-5-16(6-9-18)23(26)27-3/h5-10,13,15,22H,4,11-12,14H2,1-3H3,(H,24,25). The SMILES string of the molecule is COC(=O)c1ccc(OCC(=O)NC(c2ccc3c(c2)OCCCO3)C(C)C)cc1. The molecular weight excluding hydrogens is 386 g/mol. The molecule has 7 heteroatoms. The van der Waals surface area contributed by atoms with Crippen LogP contribution in [-0.4, -0.2) is 38.8 Å². The maximum atomic E-state index is 12.5. The largest absolute Gasteiger partial charge is 0.490 e. The van der Waals surface area contributed by atoms with Crippen molar-refractivity contribution in [1.82, 2.24) is 5.32 Å². The number of hydrogen-bond donors (Lipinski definition) is 1. The minimum absolute atomic E-state index is 0.134. The van der Waals surface area contributed by atoms with Gasteiger partial charge >= 0.3 is 5.97 Å². The van der Waals surface area contributed by atoms with Crippen molar-refractivity contribution in [3.63, 3.8) is 0 Å². The number of benzene rings is 2. The molecular formula is C23H27NO6. The van der Waals surface area contributed by atoms with Crippen LogP contribution in [0.4, 0.5) is 0 Å². The van der Waals surface area contributed by atoms with Gasteiger partial charge in [0.1, 0.15) is 5.75 Å². The van der Waals surface area contributed by atoms with E-state index in [-0.39, 0.29) is 24.5 Å². The molecule has 1 unspecified atom stereocenters. The molecule has 2 aromatic rings. The van der Waals surface area contributed by atoms with E-state index in [1.807, 2.05) is 32.0 Å². The molecule has 1 aliphatic rings. The molecule has 1 atom stereocenters. The highest BCUT2D eigenvalue weighted by atomic mass is 16.5. The van der Waals surface area contributed by atoms with Gasteiger partial charge in [-0.3, -0.25) is 4.79 Å². The molecule has 2 aromatic carbocycles.